The predicted octanol–water partition coefficient (Wildman–Crippen LogP) is 2.30. The molecule has 0 radical (unpaired) electrons. The molecule has 102 valence electrons. The van der Waals surface area contributed by atoms with Gasteiger partial charge in [0.2, 0.25) is 0 Å². The molecule has 0 bridgehead atoms. The van der Waals surface area contributed by atoms with Crippen LogP contribution in [0.2, 0.25) is 0 Å². The van der Waals surface area contributed by atoms with E-state index in [-0.39, 0.29) is 11.2 Å². The number of aryl methyl sites for hydroxylation is 2. The highest BCUT2D eigenvalue weighted by Gasteiger charge is 2.08. The Bertz CT molecular complexity index is 856. The zero-order valence-electron chi connectivity index (χ0n) is 11.1. The smallest absolute Gasteiger partial charge is 0.306 e. The third kappa shape index (κ3) is 2.32. The number of thiophene rings is 1. The van der Waals surface area contributed by atoms with Gasteiger partial charge in [-0.3, -0.25) is 9.36 Å². The van der Waals surface area contributed by atoms with Crippen LogP contribution < -0.4 is 11.2 Å². The Kier molecular flexibility index (Phi) is 3.28. The Morgan fingerprint density at radius 3 is 2.65 bits per heavy atom. The molecule has 2 heterocycles. The fourth-order valence-electron chi connectivity index (χ4n) is 2.17. The van der Waals surface area contributed by atoms with Crippen LogP contribution >= 0.6 is 11.3 Å². The molecule has 0 fully saturated rings. The van der Waals surface area contributed by atoms with Crippen molar-refractivity contribution in [3.63, 3.8) is 0 Å². The second-order valence-electron chi connectivity index (χ2n) is 4.79. The maximum atomic E-state index is 12.2. The minimum atomic E-state index is -0.340. The molecular formula is C15H14N2O2S. The first-order valence-electron chi connectivity index (χ1n) is 6.41. The molecule has 3 aromatic rings. The van der Waals surface area contributed by atoms with Crippen molar-refractivity contribution in [3.8, 4) is 0 Å². The van der Waals surface area contributed by atoms with E-state index in [1.165, 1.54) is 21.5 Å². The summed E-state index contributed by atoms with van der Waals surface area (Å²) in [4.78, 5) is 26.9. The quantitative estimate of drug-likeness (QED) is 0.803. The van der Waals surface area contributed by atoms with E-state index in [4.69, 9.17) is 0 Å². The van der Waals surface area contributed by atoms with Crippen LogP contribution in [0.4, 0.5) is 0 Å². The van der Waals surface area contributed by atoms with E-state index >= 15 is 0 Å². The maximum absolute atomic E-state index is 12.2. The molecule has 0 atom stereocenters. The number of nitrogens with one attached hydrogen (secondary N) is 1. The summed E-state index contributed by atoms with van der Waals surface area (Å²) in [6, 6.07) is 9.87. The average Bonchev–Trinajstić information content (AvgIpc) is 2.89. The van der Waals surface area contributed by atoms with Gasteiger partial charge >= 0.3 is 5.69 Å². The molecule has 1 aromatic carbocycles. The van der Waals surface area contributed by atoms with Crippen LogP contribution in [-0.2, 0) is 13.0 Å². The molecule has 0 amide bonds. The molecule has 0 saturated carbocycles. The molecule has 4 nitrogen and oxygen atoms in total. The van der Waals surface area contributed by atoms with Crippen molar-refractivity contribution >= 4 is 21.6 Å². The number of hydrogen-bond donors (Lipinski definition) is 1. The first-order valence-corrected chi connectivity index (χ1v) is 7.29. The van der Waals surface area contributed by atoms with Gasteiger partial charge in [-0.25, -0.2) is 4.79 Å². The molecule has 0 spiro atoms. The molecule has 0 aliphatic carbocycles. The summed E-state index contributed by atoms with van der Waals surface area (Å²) in [5.74, 6) is 0. The van der Waals surface area contributed by atoms with E-state index in [0.29, 0.717) is 23.2 Å². The number of benzene rings is 1. The lowest BCUT2D eigenvalue weighted by Crippen LogP contribution is -2.35. The topological polar surface area (TPSA) is 54.9 Å². The summed E-state index contributed by atoms with van der Waals surface area (Å²) in [5, 5.41) is 1.81. The summed E-state index contributed by atoms with van der Waals surface area (Å²) in [5.41, 5.74) is 2.40. The third-order valence-electron chi connectivity index (χ3n) is 3.34. The third-order valence-corrected chi connectivity index (χ3v) is 4.24. The van der Waals surface area contributed by atoms with Crippen LogP contribution in [0.25, 0.3) is 10.2 Å². The van der Waals surface area contributed by atoms with Crippen molar-refractivity contribution in [3.05, 3.63) is 67.7 Å². The Balaban J connectivity index is 1.93. The normalized spacial score (nSPS) is 11.1. The molecule has 20 heavy (non-hydrogen) atoms. The molecule has 5 heteroatoms. The van der Waals surface area contributed by atoms with E-state index in [2.05, 4.69) is 4.98 Å². The van der Waals surface area contributed by atoms with Gasteiger partial charge in [-0.15, -0.1) is 11.3 Å². The Morgan fingerprint density at radius 2 is 1.90 bits per heavy atom. The van der Waals surface area contributed by atoms with Crippen LogP contribution in [0.3, 0.4) is 0 Å². The van der Waals surface area contributed by atoms with Gasteiger partial charge in [0.25, 0.3) is 5.56 Å². The number of H-pyrrole nitrogens is 1. The molecule has 1 N–H and O–H groups in total. The van der Waals surface area contributed by atoms with Crippen LogP contribution in [0.5, 0.6) is 0 Å². The summed E-state index contributed by atoms with van der Waals surface area (Å²) in [7, 11) is 0. The van der Waals surface area contributed by atoms with Gasteiger partial charge in [-0.2, -0.15) is 0 Å². The summed E-state index contributed by atoms with van der Waals surface area (Å²) < 4.78 is 1.88. The zero-order chi connectivity index (χ0) is 14.1. The van der Waals surface area contributed by atoms with Crippen molar-refractivity contribution in [2.45, 2.75) is 19.9 Å². The highest BCUT2D eigenvalue weighted by atomic mass is 32.1. The van der Waals surface area contributed by atoms with E-state index in [0.717, 1.165) is 5.56 Å². The van der Waals surface area contributed by atoms with Crippen molar-refractivity contribution in [1.82, 2.24) is 9.55 Å². The Labute approximate surface area is 119 Å². The molecule has 3 rings (SSSR count). The molecule has 0 aliphatic rings. The Hall–Kier alpha value is -2.14. The van der Waals surface area contributed by atoms with Gasteiger partial charge < -0.3 is 4.98 Å². The number of nitrogens with zero attached hydrogens (tertiary/aromatic N) is 1. The SMILES string of the molecule is Cc1ccc(CCn2c(=O)[nH]c3ccsc3c2=O)cc1. The van der Waals surface area contributed by atoms with Gasteiger partial charge in [0.15, 0.2) is 0 Å². The summed E-state index contributed by atoms with van der Waals surface area (Å²) in [6.45, 7) is 2.43. The standard InChI is InChI=1S/C15H14N2O2S/c1-10-2-4-11(5-3-10)6-8-17-14(18)13-12(7-9-20-13)16-15(17)19/h2-5,7,9H,6,8H2,1H3,(H,16,19). The van der Waals surface area contributed by atoms with E-state index in [1.807, 2.05) is 36.6 Å². The second kappa shape index (κ2) is 5.09. The minimum absolute atomic E-state index is 0.203. The van der Waals surface area contributed by atoms with Gasteiger partial charge in [0, 0.05) is 6.54 Å². The van der Waals surface area contributed by atoms with Crippen molar-refractivity contribution < 1.29 is 0 Å². The number of hydrogen-bond acceptors (Lipinski definition) is 3. The molecule has 2 aromatic heterocycles. The average molecular weight is 286 g/mol. The minimum Gasteiger partial charge on any atom is -0.306 e. The lowest BCUT2D eigenvalue weighted by atomic mass is 10.1. The monoisotopic (exact) mass is 286 g/mol. The van der Waals surface area contributed by atoms with E-state index in [9.17, 15) is 9.59 Å². The lowest BCUT2D eigenvalue weighted by Gasteiger charge is -2.05. The van der Waals surface area contributed by atoms with Gasteiger partial charge in [0.05, 0.1) is 5.52 Å². The predicted molar refractivity (Wildman–Crippen MR) is 81.6 cm³/mol. The van der Waals surface area contributed by atoms with Crippen molar-refractivity contribution in [2.75, 3.05) is 0 Å². The number of aromatic amines is 1. The van der Waals surface area contributed by atoms with Crippen molar-refractivity contribution in [2.24, 2.45) is 0 Å². The fraction of sp³-hybridized carbons (Fsp3) is 0.200. The first-order chi connectivity index (χ1) is 9.65. The zero-order valence-corrected chi connectivity index (χ0v) is 11.9. The maximum Gasteiger partial charge on any atom is 0.328 e. The van der Waals surface area contributed by atoms with Crippen LogP contribution in [0.1, 0.15) is 11.1 Å². The molecule has 0 unspecified atom stereocenters. The van der Waals surface area contributed by atoms with Crippen LogP contribution in [0, 0.1) is 6.92 Å². The number of rotatable bonds is 3. The highest BCUT2D eigenvalue weighted by molar-refractivity contribution is 7.17. The molecular weight excluding hydrogens is 272 g/mol. The van der Waals surface area contributed by atoms with E-state index in [1.54, 1.807) is 6.07 Å². The van der Waals surface area contributed by atoms with Crippen LogP contribution in [0.15, 0.2) is 45.3 Å². The number of aromatic nitrogens is 2. The highest BCUT2D eigenvalue weighted by Crippen LogP contribution is 2.12. The molecule has 0 aliphatic heterocycles. The van der Waals surface area contributed by atoms with Crippen LogP contribution in [-0.4, -0.2) is 9.55 Å². The lowest BCUT2D eigenvalue weighted by molar-refractivity contribution is 0.637. The van der Waals surface area contributed by atoms with Gasteiger partial charge in [0.1, 0.15) is 4.70 Å². The first kappa shape index (κ1) is 12.9. The van der Waals surface area contributed by atoms with E-state index < -0.39 is 0 Å². The Morgan fingerprint density at radius 1 is 1.15 bits per heavy atom. The largest absolute Gasteiger partial charge is 0.328 e. The van der Waals surface area contributed by atoms with Gasteiger partial charge in [-0.05, 0) is 30.4 Å². The molecule has 0 saturated heterocycles. The number of fused-ring (bicyclic) bond motifs is 1. The van der Waals surface area contributed by atoms with Crippen molar-refractivity contribution in [1.29, 1.82) is 0 Å². The fourth-order valence-corrected chi connectivity index (χ4v) is 2.97. The summed E-state index contributed by atoms with van der Waals surface area (Å²) >= 11 is 1.36. The van der Waals surface area contributed by atoms with Gasteiger partial charge in [-0.1, -0.05) is 29.8 Å². The summed E-state index contributed by atoms with van der Waals surface area (Å²) in [6.07, 6.45) is 0.667. The second-order valence-corrected chi connectivity index (χ2v) is 5.70.